The van der Waals surface area contributed by atoms with E-state index in [1.54, 1.807) is 6.07 Å². The van der Waals surface area contributed by atoms with E-state index in [1.807, 2.05) is 13.0 Å². The maximum Gasteiger partial charge on any atom is 0.250 e. The molecule has 0 aliphatic carbocycles. The minimum Gasteiger partial charge on any atom is -0.381 e. The Bertz CT molecular complexity index is 548. The molecule has 0 bridgehead atoms. The molecule has 120 valence electrons. The zero-order valence-electron chi connectivity index (χ0n) is 12.6. The first-order valence-corrected chi connectivity index (χ1v) is 9.62. The zero-order chi connectivity index (χ0) is 15.3. The molecular weight excluding hydrogens is 308 g/mol. The Kier molecular flexibility index (Phi) is 5.79. The van der Waals surface area contributed by atoms with E-state index in [4.69, 9.17) is 4.74 Å². The van der Waals surface area contributed by atoms with E-state index in [2.05, 4.69) is 17.0 Å². The Morgan fingerprint density at radius 2 is 2.05 bits per heavy atom. The number of rotatable bonds is 7. The van der Waals surface area contributed by atoms with Crippen molar-refractivity contribution in [2.45, 2.75) is 37.4 Å². The summed E-state index contributed by atoms with van der Waals surface area (Å²) >= 11 is 1.33. The fraction of sp³-hybridized carbons (Fsp3) is 0.714. The second kappa shape index (κ2) is 7.19. The molecule has 0 spiro atoms. The van der Waals surface area contributed by atoms with E-state index in [0.717, 1.165) is 24.3 Å². The fourth-order valence-corrected chi connectivity index (χ4v) is 4.80. The van der Waals surface area contributed by atoms with Gasteiger partial charge in [0, 0.05) is 31.2 Å². The van der Waals surface area contributed by atoms with Crippen molar-refractivity contribution in [2.24, 2.45) is 5.41 Å². The highest BCUT2D eigenvalue weighted by molar-refractivity contribution is 7.91. The molecule has 1 aromatic rings. The van der Waals surface area contributed by atoms with Gasteiger partial charge in [-0.2, -0.15) is 0 Å². The van der Waals surface area contributed by atoms with Crippen molar-refractivity contribution in [1.29, 1.82) is 0 Å². The SMILES string of the molecule is CCNCc1ccc(S(=O)(=O)NCC2(C)CCOCC2)s1. The van der Waals surface area contributed by atoms with Crippen LogP contribution >= 0.6 is 11.3 Å². The molecule has 2 N–H and O–H groups in total. The van der Waals surface area contributed by atoms with Gasteiger partial charge in [-0.15, -0.1) is 11.3 Å². The molecule has 1 aliphatic heterocycles. The molecule has 2 rings (SSSR count). The van der Waals surface area contributed by atoms with Crippen molar-refractivity contribution in [1.82, 2.24) is 10.0 Å². The quantitative estimate of drug-likeness (QED) is 0.801. The van der Waals surface area contributed by atoms with Crippen LogP contribution in [0, 0.1) is 5.41 Å². The molecule has 0 radical (unpaired) electrons. The molecule has 7 heteroatoms. The van der Waals surface area contributed by atoms with Crippen LogP contribution in [0.25, 0.3) is 0 Å². The molecule has 0 amide bonds. The summed E-state index contributed by atoms with van der Waals surface area (Å²) in [5, 5.41) is 3.20. The number of hydrogen-bond donors (Lipinski definition) is 2. The fourth-order valence-electron chi connectivity index (χ4n) is 2.23. The highest BCUT2D eigenvalue weighted by atomic mass is 32.2. The minimum atomic E-state index is -3.40. The molecular formula is C14H24N2O3S2. The summed E-state index contributed by atoms with van der Waals surface area (Å²) in [4.78, 5) is 1.04. The highest BCUT2D eigenvalue weighted by Gasteiger charge is 2.29. The lowest BCUT2D eigenvalue weighted by Crippen LogP contribution is -2.39. The summed E-state index contributed by atoms with van der Waals surface area (Å²) in [6.07, 6.45) is 1.79. The lowest BCUT2D eigenvalue weighted by atomic mass is 9.83. The largest absolute Gasteiger partial charge is 0.381 e. The van der Waals surface area contributed by atoms with Gasteiger partial charge in [-0.05, 0) is 36.9 Å². The van der Waals surface area contributed by atoms with Crippen molar-refractivity contribution < 1.29 is 13.2 Å². The summed E-state index contributed by atoms with van der Waals surface area (Å²) in [6.45, 7) is 7.63. The second-order valence-corrected chi connectivity index (χ2v) is 8.91. The van der Waals surface area contributed by atoms with Crippen molar-refractivity contribution in [2.75, 3.05) is 26.3 Å². The van der Waals surface area contributed by atoms with Crippen LogP contribution in [-0.2, 0) is 21.3 Å². The van der Waals surface area contributed by atoms with Crippen molar-refractivity contribution >= 4 is 21.4 Å². The van der Waals surface area contributed by atoms with Gasteiger partial charge in [0.1, 0.15) is 4.21 Å². The highest BCUT2D eigenvalue weighted by Crippen LogP contribution is 2.30. The van der Waals surface area contributed by atoms with Crippen molar-refractivity contribution in [3.8, 4) is 0 Å². The maximum absolute atomic E-state index is 12.4. The first-order chi connectivity index (χ1) is 9.95. The Morgan fingerprint density at radius 1 is 1.33 bits per heavy atom. The van der Waals surface area contributed by atoms with Gasteiger partial charge < -0.3 is 10.1 Å². The smallest absolute Gasteiger partial charge is 0.250 e. The first-order valence-electron chi connectivity index (χ1n) is 7.32. The third kappa shape index (κ3) is 4.75. The maximum atomic E-state index is 12.4. The zero-order valence-corrected chi connectivity index (χ0v) is 14.3. The van der Waals surface area contributed by atoms with Gasteiger partial charge in [-0.1, -0.05) is 13.8 Å². The summed E-state index contributed by atoms with van der Waals surface area (Å²) in [5.74, 6) is 0. The van der Waals surface area contributed by atoms with Crippen molar-refractivity contribution in [3.05, 3.63) is 17.0 Å². The number of nitrogens with one attached hydrogen (secondary N) is 2. The summed E-state index contributed by atoms with van der Waals surface area (Å²) < 4.78 is 33.2. The van der Waals surface area contributed by atoms with Crippen LogP contribution in [0.1, 0.15) is 31.6 Å². The Hall–Kier alpha value is -0.470. The molecule has 21 heavy (non-hydrogen) atoms. The molecule has 1 aliphatic rings. The van der Waals surface area contributed by atoms with Gasteiger partial charge >= 0.3 is 0 Å². The third-order valence-electron chi connectivity index (χ3n) is 3.84. The summed E-state index contributed by atoms with van der Waals surface area (Å²) in [5.41, 5.74) is -0.00479. The molecule has 0 atom stereocenters. The van der Waals surface area contributed by atoms with E-state index in [9.17, 15) is 8.42 Å². The molecule has 1 aromatic heterocycles. The first kappa shape index (κ1) is 16.9. The average Bonchev–Trinajstić information content (AvgIpc) is 2.94. The van der Waals surface area contributed by atoms with Crippen LogP contribution in [0.3, 0.4) is 0 Å². The lowest BCUT2D eigenvalue weighted by molar-refractivity contribution is 0.0265. The predicted octanol–water partition coefficient (Wildman–Crippen LogP) is 1.95. The summed E-state index contributed by atoms with van der Waals surface area (Å²) in [6, 6.07) is 3.56. The van der Waals surface area contributed by atoms with Gasteiger partial charge in [-0.3, -0.25) is 0 Å². The van der Waals surface area contributed by atoms with Crippen LogP contribution in [0.4, 0.5) is 0 Å². The van der Waals surface area contributed by atoms with Crippen LogP contribution < -0.4 is 10.0 Å². The number of ether oxygens (including phenoxy) is 1. The normalized spacial score (nSPS) is 18.8. The molecule has 0 aromatic carbocycles. The van der Waals surface area contributed by atoms with Gasteiger partial charge in [0.25, 0.3) is 0 Å². The standard InChI is InChI=1S/C14H24N2O3S2/c1-3-15-10-12-4-5-13(20-12)21(17,18)16-11-14(2)6-8-19-9-7-14/h4-5,15-16H,3,6-11H2,1-2H3. The molecule has 5 nitrogen and oxygen atoms in total. The van der Waals surface area contributed by atoms with E-state index < -0.39 is 10.0 Å². The molecule has 2 heterocycles. The monoisotopic (exact) mass is 332 g/mol. The van der Waals surface area contributed by atoms with Crippen LogP contribution in [0.15, 0.2) is 16.3 Å². The number of sulfonamides is 1. The van der Waals surface area contributed by atoms with Crippen molar-refractivity contribution in [3.63, 3.8) is 0 Å². The Balaban J connectivity index is 1.96. The van der Waals surface area contributed by atoms with E-state index in [1.165, 1.54) is 11.3 Å². The number of thiophene rings is 1. The second-order valence-electron chi connectivity index (χ2n) is 5.75. The van der Waals surface area contributed by atoms with Gasteiger partial charge in [0.2, 0.25) is 10.0 Å². The van der Waals surface area contributed by atoms with Crippen LogP contribution in [-0.4, -0.2) is 34.7 Å². The Labute approximate surface area is 131 Å². The third-order valence-corrected chi connectivity index (χ3v) is 6.82. The van der Waals surface area contributed by atoms with Gasteiger partial charge in [0.15, 0.2) is 0 Å². The molecule has 1 saturated heterocycles. The number of hydrogen-bond acceptors (Lipinski definition) is 5. The summed E-state index contributed by atoms with van der Waals surface area (Å²) in [7, 11) is -3.40. The molecule has 0 unspecified atom stereocenters. The Morgan fingerprint density at radius 3 is 2.71 bits per heavy atom. The van der Waals surface area contributed by atoms with Crippen LogP contribution in [0.5, 0.6) is 0 Å². The van der Waals surface area contributed by atoms with Gasteiger partial charge in [-0.25, -0.2) is 13.1 Å². The molecule has 0 saturated carbocycles. The predicted molar refractivity (Wildman–Crippen MR) is 85.0 cm³/mol. The topological polar surface area (TPSA) is 67.4 Å². The lowest BCUT2D eigenvalue weighted by Gasteiger charge is -2.33. The van der Waals surface area contributed by atoms with Crippen LogP contribution in [0.2, 0.25) is 0 Å². The van der Waals surface area contributed by atoms with Gasteiger partial charge in [0.05, 0.1) is 0 Å². The molecule has 1 fully saturated rings. The van der Waals surface area contributed by atoms with E-state index in [0.29, 0.717) is 30.5 Å². The van der Waals surface area contributed by atoms with E-state index >= 15 is 0 Å². The minimum absolute atomic E-state index is 0.00479. The van der Waals surface area contributed by atoms with E-state index in [-0.39, 0.29) is 5.41 Å². The average molecular weight is 332 g/mol.